The molecule has 0 aliphatic carbocycles. The highest BCUT2D eigenvalue weighted by Crippen LogP contribution is 2.22. The van der Waals surface area contributed by atoms with E-state index < -0.39 is 24.6 Å². The van der Waals surface area contributed by atoms with Crippen LogP contribution >= 0.6 is 0 Å². The number of hydrogen-bond donors (Lipinski definition) is 3. The van der Waals surface area contributed by atoms with Gasteiger partial charge in [-0.3, -0.25) is 4.79 Å². The standard InChI is InChI=1S/C11H17N3O5/c15-6-8(10(17)18)12-11(19)13-3-4-14-7(5-13)1-2-9(14)16/h7-8,15H,1-6H2,(H,12,19)(H,17,18)/t7?,8-/m0/s1. The highest BCUT2D eigenvalue weighted by atomic mass is 16.4. The number of carboxylic acids is 1. The molecule has 0 radical (unpaired) electrons. The van der Waals surface area contributed by atoms with Crippen LogP contribution in [0.25, 0.3) is 0 Å². The summed E-state index contributed by atoms with van der Waals surface area (Å²) < 4.78 is 0. The lowest BCUT2D eigenvalue weighted by Crippen LogP contribution is -2.57. The predicted octanol–water partition coefficient (Wildman–Crippen LogP) is -1.55. The highest BCUT2D eigenvalue weighted by Gasteiger charge is 2.37. The highest BCUT2D eigenvalue weighted by molar-refractivity contribution is 5.83. The summed E-state index contributed by atoms with van der Waals surface area (Å²) in [5.74, 6) is -1.16. The summed E-state index contributed by atoms with van der Waals surface area (Å²) >= 11 is 0. The number of nitrogens with zero attached hydrogens (tertiary/aromatic N) is 2. The van der Waals surface area contributed by atoms with Crippen molar-refractivity contribution in [3.8, 4) is 0 Å². The van der Waals surface area contributed by atoms with Crippen LogP contribution in [-0.4, -0.2) is 76.2 Å². The van der Waals surface area contributed by atoms with E-state index in [-0.39, 0.29) is 11.9 Å². The van der Waals surface area contributed by atoms with Crippen LogP contribution in [0, 0.1) is 0 Å². The van der Waals surface area contributed by atoms with Gasteiger partial charge in [0.1, 0.15) is 0 Å². The van der Waals surface area contributed by atoms with E-state index in [1.54, 1.807) is 4.90 Å². The second-order valence-corrected chi connectivity index (χ2v) is 4.75. The van der Waals surface area contributed by atoms with Gasteiger partial charge in [-0.1, -0.05) is 0 Å². The molecule has 2 aliphatic rings. The number of fused-ring (bicyclic) bond motifs is 1. The van der Waals surface area contributed by atoms with E-state index in [4.69, 9.17) is 10.2 Å². The molecule has 0 bridgehead atoms. The maximum Gasteiger partial charge on any atom is 0.328 e. The molecule has 2 aliphatic heterocycles. The Morgan fingerprint density at radius 3 is 2.79 bits per heavy atom. The van der Waals surface area contributed by atoms with Gasteiger partial charge in [0.2, 0.25) is 5.91 Å². The molecule has 8 heteroatoms. The molecule has 3 amide bonds. The molecular formula is C11H17N3O5. The number of nitrogens with one attached hydrogen (secondary N) is 1. The van der Waals surface area contributed by atoms with Gasteiger partial charge in [-0.05, 0) is 6.42 Å². The Hall–Kier alpha value is -1.83. The Bertz CT molecular complexity index is 400. The number of piperazine rings is 1. The molecule has 2 heterocycles. The van der Waals surface area contributed by atoms with Crippen molar-refractivity contribution in [3.63, 3.8) is 0 Å². The van der Waals surface area contributed by atoms with Crippen molar-refractivity contribution in [2.75, 3.05) is 26.2 Å². The van der Waals surface area contributed by atoms with Crippen molar-refractivity contribution in [1.29, 1.82) is 0 Å². The molecule has 0 aromatic heterocycles. The summed E-state index contributed by atoms with van der Waals surface area (Å²) in [6.45, 7) is 0.623. The third-order valence-corrected chi connectivity index (χ3v) is 3.56. The number of carboxylic acid groups (broad SMARTS) is 1. The Morgan fingerprint density at radius 1 is 1.42 bits per heavy atom. The quantitative estimate of drug-likeness (QED) is 0.575. The Morgan fingerprint density at radius 2 is 2.16 bits per heavy atom. The molecule has 19 heavy (non-hydrogen) atoms. The maximum absolute atomic E-state index is 11.9. The van der Waals surface area contributed by atoms with Crippen molar-refractivity contribution in [3.05, 3.63) is 0 Å². The number of urea groups is 1. The van der Waals surface area contributed by atoms with E-state index >= 15 is 0 Å². The van der Waals surface area contributed by atoms with Crippen molar-refractivity contribution >= 4 is 17.9 Å². The van der Waals surface area contributed by atoms with Crippen LogP contribution in [0.1, 0.15) is 12.8 Å². The molecule has 3 N–H and O–H groups in total. The van der Waals surface area contributed by atoms with E-state index in [1.807, 2.05) is 0 Å². The minimum absolute atomic E-state index is 0.0319. The van der Waals surface area contributed by atoms with E-state index in [0.29, 0.717) is 26.1 Å². The van der Waals surface area contributed by atoms with Gasteiger partial charge in [-0.25, -0.2) is 9.59 Å². The second-order valence-electron chi connectivity index (χ2n) is 4.75. The first-order valence-corrected chi connectivity index (χ1v) is 6.21. The molecule has 2 rings (SSSR count). The number of carbonyl (C=O) groups is 3. The van der Waals surface area contributed by atoms with Crippen LogP contribution in [0.3, 0.4) is 0 Å². The van der Waals surface area contributed by atoms with E-state index in [1.165, 1.54) is 4.90 Å². The number of carbonyl (C=O) groups excluding carboxylic acids is 2. The summed E-state index contributed by atoms with van der Waals surface area (Å²) in [4.78, 5) is 37.4. The SMILES string of the molecule is O=C(O)[C@H](CO)NC(=O)N1CCN2C(=O)CCC2C1. The third kappa shape index (κ3) is 2.78. The minimum atomic E-state index is -1.30. The fraction of sp³-hybridized carbons (Fsp3) is 0.727. The lowest BCUT2D eigenvalue weighted by molar-refractivity contribution is -0.140. The topological polar surface area (TPSA) is 110 Å². The molecule has 2 atom stereocenters. The second kappa shape index (κ2) is 5.43. The van der Waals surface area contributed by atoms with Crippen LogP contribution in [0.5, 0.6) is 0 Å². The monoisotopic (exact) mass is 271 g/mol. The van der Waals surface area contributed by atoms with E-state index in [2.05, 4.69) is 5.32 Å². The number of aliphatic carboxylic acids is 1. The average Bonchev–Trinajstić information content (AvgIpc) is 2.76. The van der Waals surface area contributed by atoms with E-state index in [0.717, 1.165) is 6.42 Å². The van der Waals surface area contributed by atoms with Crippen molar-refractivity contribution in [2.24, 2.45) is 0 Å². The maximum atomic E-state index is 11.9. The lowest BCUT2D eigenvalue weighted by atomic mass is 10.1. The molecule has 0 aromatic carbocycles. The first kappa shape index (κ1) is 13.6. The molecule has 106 valence electrons. The zero-order chi connectivity index (χ0) is 14.0. The van der Waals surface area contributed by atoms with Gasteiger partial charge in [-0.2, -0.15) is 0 Å². The third-order valence-electron chi connectivity index (χ3n) is 3.56. The van der Waals surface area contributed by atoms with Gasteiger partial charge in [0, 0.05) is 32.1 Å². The molecule has 0 aromatic rings. The Balaban J connectivity index is 1.91. The minimum Gasteiger partial charge on any atom is -0.480 e. The average molecular weight is 271 g/mol. The fourth-order valence-corrected chi connectivity index (χ4v) is 2.47. The summed E-state index contributed by atoms with van der Waals surface area (Å²) in [6.07, 6.45) is 1.24. The smallest absolute Gasteiger partial charge is 0.328 e. The van der Waals surface area contributed by atoms with Crippen LogP contribution < -0.4 is 5.32 Å². The number of aliphatic hydroxyl groups excluding tert-OH is 1. The van der Waals surface area contributed by atoms with Crippen LogP contribution in [0.2, 0.25) is 0 Å². The van der Waals surface area contributed by atoms with Gasteiger partial charge < -0.3 is 25.3 Å². The molecular weight excluding hydrogens is 254 g/mol. The summed E-state index contributed by atoms with van der Waals surface area (Å²) in [5.41, 5.74) is 0. The predicted molar refractivity (Wildman–Crippen MR) is 63.3 cm³/mol. The first-order chi connectivity index (χ1) is 9.02. The number of amides is 3. The largest absolute Gasteiger partial charge is 0.480 e. The first-order valence-electron chi connectivity index (χ1n) is 6.21. The molecule has 0 spiro atoms. The van der Waals surface area contributed by atoms with Crippen LogP contribution in [0.4, 0.5) is 4.79 Å². The number of hydrogen-bond acceptors (Lipinski definition) is 4. The Labute approximate surface area is 110 Å². The van der Waals surface area contributed by atoms with Crippen molar-refractivity contribution in [1.82, 2.24) is 15.1 Å². The van der Waals surface area contributed by atoms with Crippen LogP contribution in [0.15, 0.2) is 0 Å². The number of aliphatic hydroxyl groups is 1. The summed E-state index contributed by atoms with van der Waals surface area (Å²) in [7, 11) is 0. The molecule has 0 saturated carbocycles. The Kier molecular flexibility index (Phi) is 3.89. The molecule has 8 nitrogen and oxygen atoms in total. The normalized spacial score (nSPS) is 24.1. The molecule has 1 unspecified atom stereocenters. The fourth-order valence-electron chi connectivity index (χ4n) is 2.47. The molecule has 2 fully saturated rings. The van der Waals surface area contributed by atoms with E-state index in [9.17, 15) is 14.4 Å². The molecule has 2 saturated heterocycles. The lowest BCUT2D eigenvalue weighted by Gasteiger charge is -2.37. The zero-order valence-electron chi connectivity index (χ0n) is 10.4. The van der Waals surface area contributed by atoms with Gasteiger partial charge in [0.15, 0.2) is 6.04 Å². The van der Waals surface area contributed by atoms with Crippen molar-refractivity contribution in [2.45, 2.75) is 24.9 Å². The zero-order valence-corrected chi connectivity index (χ0v) is 10.4. The van der Waals surface area contributed by atoms with Gasteiger partial charge in [0.25, 0.3) is 0 Å². The van der Waals surface area contributed by atoms with Gasteiger partial charge in [-0.15, -0.1) is 0 Å². The van der Waals surface area contributed by atoms with Gasteiger partial charge in [0.05, 0.1) is 6.61 Å². The van der Waals surface area contributed by atoms with Crippen molar-refractivity contribution < 1.29 is 24.6 Å². The summed E-state index contributed by atoms with van der Waals surface area (Å²) in [5, 5.41) is 19.9. The van der Waals surface area contributed by atoms with Crippen LogP contribution in [-0.2, 0) is 9.59 Å². The summed E-state index contributed by atoms with van der Waals surface area (Å²) in [6, 6.07) is -1.78. The number of rotatable bonds is 3. The van der Waals surface area contributed by atoms with Gasteiger partial charge >= 0.3 is 12.0 Å².